The van der Waals surface area contributed by atoms with Crippen molar-refractivity contribution >= 4 is 27.6 Å². The first-order valence-electron chi connectivity index (χ1n) is 7.45. The van der Waals surface area contributed by atoms with Gasteiger partial charge in [0.05, 0.1) is 6.04 Å². The lowest BCUT2D eigenvalue weighted by Gasteiger charge is -2.50. The van der Waals surface area contributed by atoms with Gasteiger partial charge in [-0.3, -0.25) is 0 Å². The summed E-state index contributed by atoms with van der Waals surface area (Å²) >= 11 is 3.43. The topological polar surface area (TPSA) is 73.9 Å². The summed E-state index contributed by atoms with van der Waals surface area (Å²) in [6.45, 7) is 8.09. The van der Waals surface area contributed by atoms with Gasteiger partial charge in [0.1, 0.15) is 0 Å². The van der Waals surface area contributed by atoms with Gasteiger partial charge < -0.3 is 16.3 Å². The summed E-state index contributed by atoms with van der Waals surface area (Å²) in [5, 5.41) is 14.9. The Bertz CT molecular complexity index is 553. The smallest absolute Gasteiger partial charge is 0.193 e. The van der Waals surface area contributed by atoms with Gasteiger partial charge >= 0.3 is 0 Å². The molecule has 1 aliphatic heterocycles. The summed E-state index contributed by atoms with van der Waals surface area (Å²) in [5.41, 5.74) is 6.29. The number of nitrogens with zero attached hydrogens (tertiary/aromatic N) is 2. The number of hydrogen-bond acceptors (Lipinski definition) is 3. The Morgan fingerprint density at radius 1 is 1.32 bits per heavy atom. The van der Waals surface area contributed by atoms with E-state index in [4.69, 9.17) is 5.73 Å². The van der Waals surface area contributed by atoms with E-state index < -0.39 is 0 Å². The molecule has 0 aliphatic carbocycles. The predicted molar refractivity (Wildman–Crippen MR) is 94.2 cm³/mol. The van der Waals surface area contributed by atoms with Gasteiger partial charge in [-0.25, -0.2) is 4.99 Å². The molecule has 1 saturated heterocycles. The number of guanidine groups is 1. The van der Waals surface area contributed by atoms with E-state index in [1.165, 1.54) is 5.06 Å². The van der Waals surface area contributed by atoms with E-state index in [0.717, 1.165) is 23.0 Å². The molecule has 22 heavy (non-hydrogen) atoms. The molecule has 1 aromatic rings. The molecule has 1 aromatic carbocycles. The fraction of sp³-hybridized carbons (Fsp3) is 0.562. The summed E-state index contributed by atoms with van der Waals surface area (Å²) < 4.78 is 0.987. The van der Waals surface area contributed by atoms with Gasteiger partial charge in [0.2, 0.25) is 0 Å². The molecule has 4 N–H and O–H groups in total. The number of nitrogens with one attached hydrogen (secondary N) is 1. The molecule has 122 valence electrons. The first-order valence-corrected chi connectivity index (χ1v) is 8.24. The van der Waals surface area contributed by atoms with Gasteiger partial charge in [0.25, 0.3) is 0 Å². The van der Waals surface area contributed by atoms with Crippen LogP contribution in [0.2, 0.25) is 0 Å². The molecule has 0 unspecified atom stereocenters. The zero-order valence-electron chi connectivity index (χ0n) is 13.6. The highest BCUT2D eigenvalue weighted by atomic mass is 79.9. The van der Waals surface area contributed by atoms with Crippen molar-refractivity contribution in [3.05, 3.63) is 28.7 Å². The van der Waals surface area contributed by atoms with Crippen LogP contribution in [0, 0.1) is 0 Å². The van der Waals surface area contributed by atoms with Gasteiger partial charge in [0, 0.05) is 21.2 Å². The number of halogens is 1. The number of piperidine rings is 1. The molecule has 5 nitrogen and oxygen atoms in total. The molecule has 0 bridgehead atoms. The number of aliphatic imine (C=N–C) groups is 1. The lowest BCUT2D eigenvalue weighted by atomic mass is 9.79. The van der Waals surface area contributed by atoms with E-state index in [9.17, 15) is 5.21 Å². The maximum absolute atomic E-state index is 10.3. The second-order valence-electron chi connectivity index (χ2n) is 7.15. The summed E-state index contributed by atoms with van der Waals surface area (Å²) in [6.07, 6.45) is 1.52. The number of benzene rings is 1. The Balaban J connectivity index is 2.11. The third kappa shape index (κ3) is 4.00. The number of hydroxylamine groups is 2. The quantitative estimate of drug-likeness (QED) is 0.550. The van der Waals surface area contributed by atoms with Crippen LogP contribution in [-0.4, -0.2) is 33.3 Å². The minimum absolute atomic E-state index is 0.0769. The number of rotatable bonds is 2. The van der Waals surface area contributed by atoms with Crippen LogP contribution in [0.5, 0.6) is 0 Å². The molecular weight excluding hydrogens is 344 g/mol. The van der Waals surface area contributed by atoms with Crippen molar-refractivity contribution in [1.29, 1.82) is 0 Å². The van der Waals surface area contributed by atoms with Crippen molar-refractivity contribution in [1.82, 2.24) is 5.06 Å². The molecule has 2 rings (SSSR count). The van der Waals surface area contributed by atoms with Gasteiger partial charge in [-0.05, 0) is 58.7 Å². The SMILES string of the molecule is CC1(C)CC(N=C(N)Nc2cccc(Br)c2)CC(C)(C)N1O. The Labute approximate surface area is 140 Å². The second kappa shape index (κ2) is 6.18. The van der Waals surface area contributed by atoms with Gasteiger partial charge in [0.15, 0.2) is 5.96 Å². The van der Waals surface area contributed by atoms with Gasteiger partial charge in [-0.2, -0.15) is 5.06 Å². The van der Waals surface area contributed by atoms with E-state index in [-0.39, 0.29) is 17.1 Å². The van der Waals surface area contributed by atoms with Crippen molar-refractivity contribution in [2.24, 2.45) is 10.7 Å². The molecule has 0 aromatic heterocycles. The summed E-state index contributed by atoms with van der Waals surface area (Å²) in [7, 11) is 0. The van der Waals surface area contributed by atoms with Crippen molar-refractivity contribution in [2.45, 2.75) is 57.7 Å². The fourth-order valence-electron chi connectivity index (χ4n) is 3.25. The summed E-state index contributed by atoms with van der Waals surface area (Å²) in [4.78, 5) is 4.62. The highest BCUT2D eigenvalue weighted by molar-refractivity contribution is 9.10. The highest BCUT2D eigenvalue weighted by Crippen LogP contribution is 2.37. The van der Waals surface area contributed by atoms with Crippen LogP contribution in [0.15, 0.2) is 33.7 Å². The molecule has 1 heterocycles. The van der Waals surface area contributed by atoms with Crippen LogP contribution < -0.4 is 11.1 Å². The van der Waals surface area contributed by atoms with Crippen LogP contribution >= 0.6 is 15.9 Å². The Hall–Kier alpha value is -1.11. The zero-order valence-corrected chi connectivity index (χ0v) is 15.2. The zero-order chi connectivity index (χ0) is 16.5. The minimum atomic E-state index is -0.327. The largest absolute Gasteiger partial charge is 0.370 e. The Kier molecular flexibility index (Phi) is 4.84. The monoisotopic (exact) mass is 368 g/mol. The second-order valence-corrected chi connectivity index (χ2v) is 8.06. The van der Waals surface area contributed by atoms with Crippen molar-refractivity contribution in [3.8, 4) is 0 Å². The van der Waals surface area contributed by atoms with E-state index in [1.807, 2.05) is 52.0 Å². The van der Waals surface area contributed by atoms with Crippen LogP contribution in [-0.2, 0) is 0 Å². The molecule has 0 amide bonds. The maximum Gasteiger partial charge on any atom is 0.193 e. The van der Waals surface area contributed by atoms with Crippen molar-refractivity contribution in [3.63, 3.8) is 0 Å². The predicted octanol–water partition coefficient (Wildman–Crippen LogP) is 3.59. The first kappa shape index (κ1) is 17.2. The van der Waals surface area contributed by atoms with Gasteiger partial charge in [-0.15, -0.1) is 0 Å². The first-order chi connectivity index (χ1) is 10.1. The van der Waals surface area contributed by atoms with E-state index in [0.29, 0.717) is 5.96 Å². The van der Waals surface area contributed by atoms with Crippen LogP contribution in [0.4, 0.5) is 5.69 Å². The molecule has 1 aliphatic rings. The highest BCUT2D eigenvalue weighted by Gasteiger charge is 2.45. The third-order valence-corrected chi connectivity index (χ3v) is 4.53. The maximum atomic E-state index is 10.3. The number of hydrogen-bond donors (Lipinski definition) is 3. The minimum Gasteiger partial charge on any atom is -0.370 e. The Morgan fingerprint density at radius 3 is 2.45 bits per heavy atom. The molecular formula is C16H25BrN4O. The Morgan fingerprint density at radius 2 is 1.91 bits per heavy atom. The fourth-order valence-corrected chi connectivity index (χ4v) is 3.65. The average molecular weight is 369 g/mol. The van der Waals surface area contributed by atoms with E-state index >= 15 is 0 Å². The molecule has 0 saturated carbocycles. The number of nitrogens with two attached hydrogens (primary N) is 1. The normalized spacial score (nSPS) is 22.5. The van der Waals surface area contributed by atoms with Crippen LogP contribution in [0.3, 0.4) is 0 Å². The van der Waals surface area contributed by atoms with Crippen molar-refractivity contribution in [2.75, 3.05) is 5.32 Å². The lowest BCUT2D eigenvalue weighted by Crippen LogP contribution is -2.60. The molecule has 1 fully saturated rings. The standard InChI is InChI=1S/C16H25BrN4O/c1-15(2)9-13(10-16(3,4)21(15)22)20-14(18)19-12-7-5-6-11(17)8-12/h5-8,13,22H,9-10H2,1-4H3,(H3,18,19,20). The van der Waals surface area contributed by atoms with E-state index in [1.54, 1.807) is 0 Å². The number of anilines is 1. The average Bonchev–Trinajstić information content (AvgIpc) is 2.34. The van der Waals surface area contributed by atoms with Crippen LogP contribution in [0.25, 0.3) is 0 Å². The summed E-state index contributed by atoms with van der Waals surface area (Å²) in [6, 6.07) is 7.87. The molecule has 0 atom stereocenters. The molecule has 6 heteroatoms. The van der Waals surface area contributed by atoms with Gasteiger partial charge in [-0.1, -0.05) is 22.0 Å². The molecule has 0 radical (unpaired) electrons. The van der Waals surface area contributed by atoms with Crippen molar-refractivity contribution < 1.29 is 5.21 Å². The lowest BCUT2D eigenvalue weighted by molar-refractivity contribution is -0.244. The third-order valence-electron chi connectivity index (χ3n) is 4.04. The van der Waals surface area contributed by atoms with Crippen LogP contribution in [0.1, 0.15) is 40.5 Å². The molecule has 0 spiro atoms. The summed E-state index contributed by atoms with van der Waals surface area (Å²) in [5.74, 6) is 0.404. The van der Waals surface area contributed by atoms with E-state index in [2.05, 4.69) is 26.2 Å².